The van der Waals surface area contributed by atoms with E-state index in [0.29, 0.717) is 11.5 Å². The summed E-state index contributed by atoms with van der Waals surface area (Å²) in [7, 11) is 0. The molecular weight excluding hydrogens is 350 g/mol. The van der Waals surface area contributed by atoms with Crippen LogP contribution < -0.4 is 15.4 Å². The summed E-state index contributed by atoms with van der Waals surface area (Å²) in [6.45, 7) is 9.87. The van der Waals surface area contributed by atoms with Gasteiger partial charge < -0.3 is 20.3 Å². The molecule has 7 heteroatoms. The molecule has 0 fully saturated rings. The molecule has 0 aliphatic heterocycles. The second-order valence-corrected chi connectivity index (χ2v) is 6.40. The summed E-state index contributed by atoms with van der Waals surface area (Å²) in [5.74, 6) is 0.846. The summed E-state index contributed by atoms with van der Waals surface area (Å²) in [6.07, 6.45) is 2.15. The van der Waals surface area contributed by atoms with Gasteiger partial charge in [0.2, 0.25) is 0 Å². The van der Waals surface area contributed by atoms with Crippen LogP contribution >= 0.6 is 0 Å². The van der Waals surface area contributed by atoms with E-state index in [-0.39, 0.29) is 18.3 Å². The van der Waals surface area contributed by atoms with Gasteiger partial charge in [-0.3, -0.25) is 0 Å². The number of nitrogens with zero attached hydrogens (tertiary/aromatic N) is 2. The van der Waals surface area contributed by atoms with Crippen LogP contribution in [0.3, 0.4) is 0 Å². The lowest BCUT2D eigenvalue weighted by Crippen LogP contribution is -2.42. The minimum atomic E-state index is -2.84. The zero-order valence-electron chi connectivity index (χ0n) is 17.0. The molecular formula is C20H34F2N4O. The fraction of sp³-hybridized carbons (Fsp3) is 0.650. The number of ether oxygens (including phenoxy) is 1. The van der Waals surface area contributed by atoms with Crippen LogP contribution in [0, 0.1) is 0 Å². The molecule has 1 unspecified atom stereocenters. The highest BCUT2D eigenvalue weighted by atomic mass is 19.3. The van der Waals surface area contributed by atoms with E-state index in [9.17, 15) is 8.78 Å². The Morgan fingerprint density at radius 3 is 2.52 bits per heavy atom. The number of benzene rings is 1. The van der Waals surface area contributed by atoms with E-state index in [1.807, 2.05) is 6.92 Å². The SMILES string of the molecule is CCNC(=NCc1ccccc1OC(F)F)NC(C)CCCN(CC)CC. The van der Waals surface area contributed by atoms with Gasteiger partial charge in [-0.1, -0.05) is 32.0 Å². The summed E-state index contributed by atoms with van der Waals surface area (Å²) in [4.78, 5) is 6.93. The first-order valence-corrected chi connectivity index (χ1v) is 9.79. The number of aliphatic imine (C=N–C) groups is 1. The number of nitrogens with one attached hydrogen (secondary N) is 2. The third-order valence-corrected chi connectivity index (χ3v) is 4.33. The Labute approximate surface area is 162 Å². The van der Waals surface area contributed by atoms with Crippen molar-refractivity contribution in [3.8, 4) is 5.75 Å². The highest BCUT2D eigenvalue weighted by molar-refractivity contribution is 5.80. The second kappa shape index (κ2) is 13.3. The predicted octanol–water partition coefficient (Wildman–Crippen LogP) is 3.85. The van der Waals surface area contributed by atoms with Crippen molar-refractivity contribution in [3.05, 3.63) is 29.8 Å². The third kappa shape index (κ3) is 9.56. The maximum Gasteiger partial charge on any atom is 0.387 e. The van der Waals surface area contributed by atoms with E-state index in [1.165, 1.54) is 6.07 Å². The smallest absolute Gasteiger partial charge is 0.387 e. The van der Waals surface area contributed by atoms with Crippen molar-refractivity contribution in [1.82, 2.24) is 15.5 Å². The van der Waals surface area contributed by atoms with Gasteiger partial charge in [0.1, 0.15) is 5.75 Å². The summed E-state index contributed by atoms with van der Waals surface area (Å²) in [6, 6.07) is 7.02. The first-order chi connectivity index (χ1) is 13.0. The number of alkyl halides is 2. The molecule has 0 aromatic heterocycles. The van der Waals surface area contributed by atoms with Gasteiger partial charge in [-0.15, -0.1) is 0 Å². The molecule has 1 aromatic rings. The Morgan fingerprint density at radius 1 is 1.19 bits per heavy atom. The summed E-state index contributed by atoms with van der Waals surface area (Å²) >= 11 is 0. The van der Waals surface area contributed by atoms with Gasteiger partial charge in [-0.25, -0.2) is 4.99 Å². The molecule has 0 saturated heterocycles. The summed E-state index contributed by atoms with van der Waals surface area (Å²) in [5.41, 5.74) is 0.629. The van der Waals surface area contributed by atoms with Gasteiger partial charge in [-0.05, 0) is 52.4 Å². The highest BCUT2D eigenvalue weighted by Crippen LogP contribution is 2.20. The fourth-order valence-corrected chi connectivity index (χ4v) is 2.80. The van der Waals surface area contributed by atoms with E-state index in [2.05, 4.69) is 46.0 Å². The van der Waals surface area contributed by atoms with Gasteiger partial charge >= 0.3 is 6.61 Å². The van der Waals surface area contributed by atoms with Crippen molar-refractivity contribution >= 4 is 5.96 Å². The topological polar surface area (TPSA) is 48.9 Å². The standard InChI is InChI=1S/C20H34F2N4O/c1-5-23-20(25-16(4)11-10-14-26(6-2)7-3)24-15-17-12-8-9-13-18(17)27-19(21)22/h8-9,12-13,16,19H,5-7,10-11,14-15H2,1-4H3,(H2,23,24,25). The Hall–Kier alpha value is -1.89. The van der Waals surface area contributed by atoms with Crippen LogP contribution in [-0.4, -0.2) is 49.7 Å². The summed E-state index contributed by atoms with van der Waals surface area (Å²) in [5, 5.41) is 6.59. The third-order valence-electron chi connectivity index (χ3n) is 4.33. The molecule has 0 spiro atoms. The van der Waals surface area contributed by atoms with Crippen LogP contribution in [0.25, 0.3) is 0 Å². The molecule has 0 amide bonds. The van der Waals surface area contributed by atoms with E-state index in [1.54, 1.807) is 18.2 Å². The van der Waals surface area contributed by atoms with Gasteiger partial charge in [0.05, 0.1) is 6.54 Å². The lowest BCUT2D eigenvalue weighted by Gasteiger charge is -2.21. The van der Waals surface area contributed by atoms with Crippen LogP contribution in [0.2, 0.25) is 0 Å². The highest BCUT2D eigenvalue weighted by Gasteiger charge is 2.10. The van der Waals surface area contributed by atoms with Crippen LogP contribution in [0.1, 0.15) is 46.1 Å². The molecule has 1 aromatic carbocycles. The minimum Gasteiger partial charge on any atom is -0.434 e. The average molecular weight is 385 g/mol. The molecule has 0 aliphatic carbocycles. The van der Waals surface area contributed by atoms with Gasteiger partial charge in [0, 0.05) is 18.2 Å². The number of hydrogen-bond donors (Lipinski definition) is 2. The number of guanidine groups is 1. The zero-order chi connectivity index (χ0) is 20.1. The van der Waals surface area contributed by atoms with Crippen molar-refractivity contribution < 1.29 is 13.5 Å². The van der Waals surface area contributed by atoms with Crippen molar-refractivity contribution in [2.45, 2.75) is 59.7 Å². The van der Waals surface area contributed by atoms with E-state index < -0.39 is 6.61 Å². The molecule has 0 bridgehead atoms. The fourth-order valence-electron chi connectivity index (χ4n) is 2.80. The number of para-hydroxylation sites is 1. The molecule has 0 saturated carbocycles. The maximum atomic E-state index is 12.5. The minimum absolute atomic E-state index is 0.166. The largest absolute Gasteiger partial charge is 0.434 e. The molecule has 2 N–H and O–H groups in total. The van der Waals surface area contributed by atoms with E-state index in [4.69, 9.17) is 0 Å². The maximum absolute atomic E-state index is 12.5. The lowest BCUT2D eigenvalue weighted by atomic mass is 10.2. The van der Waals surface area contributed by atoms with Crippen molar-refractivity contribution in [3.63, 3.8) is 0 Å². The normalized spacial score (nSPS) is 13.1. The molecule has 0 radical (unpaired) electrons. The van der Waals surface area contributed by atoms with E-state index >= 15 is 0 Å². The second-order valence-electron chi connectivity index (χ2n) is 6.40. The van der Waals surface area contributed by atoms with Crippen LogP contribution in [-0.2, 0) is 6.54 Å². The van der Waals surface area contributed by atoms with E-state index in [0.717, 1.165) is 39.0 Å². The zero-order valence-corrected chi connectivity index (χ0v) is 17.0. The van der Waals surface area contributed by atoms with Gasteiger partial charge in [0.15, 0.2) is 5.96 Å². The molecule has 27 heavy (non-hydrogen) atoms. The molecule has 0 aliphatic rings. The van der Waals surface area contributed by atoms with Crippen LogP contribution in [0.4, 0.5) is 8.78 Å². The monoisotopic (exact) mass is 384 g/mol. The molecule has 154 valence electrons. The van der Waals surface area contributed by atoms with Crippen molar-refractivity contribution in [1.29, 1.82) is 0 Å². The number of hydrogen-bond acceptors (Lipinski definition) is 3. The number of halogens is 2. The Kier molecular flexibility index (Phi) is 11.4. The molecule has 0 heterocycles. The Balaban J connectivity index is 2.62. The van der Waals surface area contributed by atoms with Crippen molar-refractivity contribution in [2.24, 2.45) is 4.99 Å². The quantitative estimate of drug-likeness (QED) is 0.424. The first kappa shape index (κ1) is 23.1. The lowest BCUT2D eigenvalue weighted by molar-refractivity contribution is -0.0504. The Bertz CT molecular complexity index is 551. The molecule has 1 rings (SSSR count). The van der Waals surface area contributed by atoms with Crippen molar-refractivity contribution in [2.75, 3.05) is 26.2 Å². The number of rotatable bonds is 12. The predicted molar refractivity (Wildman–Crippen MR) is 108 cm³/mol. The molecule has 5 nitrogen and oxygen atoms in total. The average Bonchev–Trinajstić information content (AvgIpc) is 2.64. The van der Waals surface area contributed by atoms with Crippen LogP contribution in [0.5, 0.6) is 5.75 Å². The van der Waals surface area contributed by atoms with Crippen LogP contribution in [0.15, 0.2) is 29.3 Å². The summed E-state index contributed by atoms with van der Waals surface area (Å²) < 4.78 is 29.6. The molecule has 1 atom stereocenters. The Morgan fingerprint density at radius 2 is 1.89 bits per heavy atom. The first-order valence-electron chi connectivity index (χ1n) is 9.79. The van der Waals surface area contributed by atoms with Gasteiger partial charge in [-0.2, -0.15) is 8.78 Å². The van der Waals surface area contributed by atoms with Gasteiger partial charge in [0.25, 0.3) is 0 Å².